The number of carbonyl (C=O) groups is 1. The van der Waals surface area contributed by atoms with Crippen LogP contribution in [0.2, 0.25) is 0 Å². The average molecular weight is 152 g/mol. The van der Waals surface area contributed by atoms with Crippen molar-refractivity contribution in [3.05, 3.63) is 30.1 Å². The van der Waals surface area contributed by atoms with Crippen LogP contribution in [0, 0.1) is 0 Å². The number of hydrogen-bond acceptors (Lipinski definition) is 2. The third-order valence-electron chi connectivity index (χ3n) is 1.09. The minimum absolute atomic E-state index is 0.250. The standard InChI is InChI=1S/C7H9N.CH3NO/c1-2-7-5-3-4-6-8-7;2-1-3/h3-6H,2H2,1H3;1H,(H2,2,3). The van der Waals surface area contributed by atoms with Gasteiger partial charge in [-0.3, -0.25) is 9.78 Å². The lowest BCUT2D eigenvalue weighted by atomic mass is 10.3. The van der Waals surface area contributed by atoms with E-state index in [0.717, 1.165) is 12.1 Å². The van der Waals surface area contributed by atoms with Crippen molar-refractivity contribution in [3.8, 4) is 0 Å². The molecule has 0 spiro atoms. The highest BCUT2D eigenvalue weighted by molar-refractivity contribution is 5.42. The van der Waals surface area contributed by atoms with Crippen LogP contribution in [0.4, 0.5) is 0 Å². The van der Waals surface area contributed by atoms with Crippen molar-refractivity contribution < 1.29 is 4.79 Å². The number of nitrogens with two attached hydrogens (primary N) is 1. The fraction of sp³-hybridized carbons (Fsp3) is 0.250. The second-order valence-corrected chi connectivity index (χ2v) is 1.81. The molecule has 0 atom stereocenters. The molecular weight excluding hydrogens is 140 g/mol. The molecule has 2 N–H and O–H groups in total. The minimum Gasteiger partial charge on any atom is -0.372 e. The molecule has 11 heavy (non-hydrogen) atoms. The normalized spacial score (nSPS) is 7.73. The summed E-state index contributed by atoms with van der Waals surface area (Å²) in [6.07, 6.45) is 3.10. The maximum absolute atomic E-state index is 8.58. The van der Waals surface area contributed by atoms with Crippen LogP contribution < -0.4 is 5.73 Å². The van der Waals surface area contributed by atoms with Crippen LogP contribution in [0.1, 0.15) is 12.6 Å². The van der Waals surface area contributed by atoms with Gasteiger partial charge in [0.2, 0.25) is 6.41 Å². The maximum Gasteiger partial charge on any atom is 0.204 e. The number of primary amides is 1. The van der Waals surface area contributed by atoms with Crippen LogP contribution in [-0.2, 0) is 11.2 Å². The van der Waals surface area contributed by atoms with Gasteiger partial charge in [-0.15, -0.1) is 0 Å². The molecule has 0 fully saturated rings. The predicted octanol–water partition coefficient (Wildman–Crippen LogP) is 0.745. The Hall–Kier alpha value is -1.38. The van der Waals surface area contributed by atoms with Gasteiger partial charge in [0.05, 0.1) is 0 Å². The number of pyridine rings is 1. The van der Waals surface area contributed by atoms with E-state index in [-0.39, 0.29) is 6.41 Å². The van der Waals surface area contributed by atoms with Crippen LogP contribution in [0.25, 0.3) is 0 Å². The Morgan fingerprint density at radius 2 is 2.27 bits per heavy atom. The Bertz CT molecular complexity index is 187. The summed E-state index contributed by atoms with van der Waals surface area (Å²) in [5, 5.41) is 0. The van der Waals surface area contributed by atoms with Gasteiger partial charge in [0.1, 0.15) is 0 Å². The summed E-state index contributed by atoms with van der Waals surface area (Å²) < 4.78 is 0. The Kier molecular flexibility index (Phi) is 5.89. The highest BCUT2D eigenvalue weighted by Crippen LogP contribution is 1.91. The van der Waals surface area contributed by atoms with E-state index in [0.29, 0.717) is 0 Å². The van der Waals surface area contributed by atoms with Gasteiger partial charge >= 0.3 is 0 Å². The Balaban J connectivity index is 0.000000292. The third-order valence-corrected chi connectivity index (χ3v) is 1.09. The lowest BCUT2D eigenvalue weighted by Gasteiger charge is -1.88. The molecule has 0 saturated heterocycles. The number of aromatic nitrogens is 1. The number of rotatable bonds is 1. The number of amides is 1. The third kappa shape index (κ3) is 5.08. The second kappa shape index (κ2) is 6.74. The Morgan fingerprint density at radius 3 is 2.55 bits per heavy atom. The number of aryl methyl sites for hydroxylation is 1. The van der Waals surface area contributed by atoms with Crippen molar-refractivity contribution >= 4 is 6.41 Å². The summed E-state index contributed by atoms with van der Waals surface area (Å²) in [5.41, 5.74) is 5.33. The summed E-state index contributed by atoms with van der Waals surface area (Å²) in [7, 11) is 0. The van der Waals surface area contributed by atoms with Crippen LogP contribution in [0.3, 0.4) is 0 Å². The quantitative estimate of drug-likeness (QED) is 0.603. The molecule has 3 heteroatoms. The summed E-state index contributed by atoms with van der Waals surface area (Å²) in [5.74, 6) is 0. The summed E-state index contributed by atoms with van der Waals surface area (Å²) in [6, 6.07) is 5.96. The Labute approximate surface area is 66.3 Å². The first kappa shape index (κ1) is 9.62. The molecule has 0 unspecified atom stereocenters. The number of carbonyl (C=O) groups excluding carboxylic acids is 1. The van der Waals surface area contributed by atoms with Crippen molar-refractivity contribution in [2.24, 2.45) is 5.73 Å². The number of nitrogens with zero attached hydrogens (tertiary/aromatic N) is 1. The molecule has 1 heterocycles. The molecule has 0 bridgehead atoms. The van der Waals surface area contributed by atoms with Crippen molar-refractivity contribution in [2.75, 3.05) is 0 Å². The zero-order valence-electron chi connectivity index (χ0n) is 6.53. The maximum atomic E-state index is 8.58. The monoisotopic (exact) mass is 152 g/mol. The van der Waals surface area contributed by atoms with Gasteiger partial charge < -0.3 is 5.73 Å². The summed E-state index contributed by atoms with van der Waals surface area (Å²) >= 11 is 0. The molecule has 1 amide bonds. The molecule has 1 aromatic rings. The SMILES string of the molecule is CCc1ccccn1.NC=O. The highest BCUT2D eigenvalue weighted by atomic mass is 16.1. The minimum atomic E-state index is 0.250. The van der Waals surface area contributed by atoms with Crippen LogP contribution in [-0.4, -0.2) is 11.4 Å². The summed E-state index contributed by atoms with van der Waals surface area (Å²) in [6.45, 7) is 2.10. The molecule has 0 aliphatic carbocycles. The van der Waals surface area contributed by atoms with Crippen molar-refractivity contribution in [1.82, 2.24) is 4.98 Å². The molecule has 0 aliphatic rings. The lowest BCUT2D eigenvalue weighted by molar-refractivity contribution is -0.106. The fourth-order valence-electron chi connectivity index (χ4n) is 0.607. The predicted molar refractivity (Wildman–Crippen MR) is 43.9 cm³/mol. The van der Waals surface area contributed by atoms with Gasteiger partial charge in [0.25, 0.3) is 0 Å². The van der Waals surface area contributed by atoms with Gasteiger partial charge in [0.15, 0.2) is 0 Å². The molecule has 0 radical (unpaired) electrons. The molecule has 0 aliphatic heterocycles. The molecule has 1 aromatic heterocycles. The van der Waals surface area contributed by atoms with Crippen LogP contribution in [0.5, 0.6) is 0 Å². The van der Waals surface area contributed by atoms with Gasteiger partial charge in [-0.1, -0.05) is 13.0 Å². The topological polar surface area (TPSA) is 56.0 Å². The largest absolute Gasteiger partial charge is 0.372 e. The zero-order chi connectivity index (χ0) is 8.53. The van der Waals surface area contributed by atoms with E-state index >= 15 is 0 Å². The van der Waals surface area contributed by atoms with Crippen molar-refractivity contribution in [2.45, 2.75) is 13.3 Å². The van der Waals surface area contributed by atoms with E-state index in [9.17, 15) is 0 Å². The first-order chi connectivity index (χ1) is 5.35. The zero-order valence-corrected chi connectivity index (χ0v) is 6.53. The van der Waals surface area contributed by atoms with E-state index < -0.39 is 0 Å². The van der Waals surface area contributed by atoms with Crippen molar-refractivity contribution in [1.29, 1.82) is 0 Å². The molecule has 3 nitrogen and oxygen atoms in total. The molecule has 1 rings (SSSR count). The molecule has 60 valence electrons. The highest BCUT2D eigenvalue weighted by Gasteiger charge is 1.81. The molecule has 0 saturated carbocycles. The number of hydrogen-bond donors (Lipinski definition) is 1. The smallest absolute Gasteiger partial charge is 0.204 e. The van der Waals surface area contributed by atoms with E-state index in [1.54, 1.807) is 0 Å². The van der Waals surface area contributed by atoms with Crippen LogP contribution in [0.15, 0.2) is 24.4 Å². The fourth-order valence-corrected chi connectivity index (χ4v) is 0.607. The van der Waals surface area contributed by atoms with E-state index in [4.69, 9.17) is 4.79 Å². The second-order valence-electron chi connectivity index (χ2n) is 1.81. The van der Waals surface area contributed by atoms with E-state index in [1.165, 1.54) is 0 Å². The average Bonchev–Trinajstić information content (AvgIpc) is 2.08. The Morgan fingerprint density at radius 1 is 1.64 bits per heavy atom. The van der Waals surface area contributed by atoms with Gasteiger partial charge in [-0.25, -0.2) is 0 Å². The van der Waals surface area contributed by atoms with Crippen LogP contribution >= 0.6 is 0 Å². The first-order valence-electron chi connectivity index (χ1n) is 3.40. The van der Waals surface area contributed by atoms with Gasteiger partial charge in [-0.05, 0) is 18.6 Å². The first-order valence-corrected chi connectivity index (χ1v) is 3.40. The van der Waals surface area contributed by atoms with Gasteiger partial charge in [0, 0.05) is 11.9 Å². The molecule has 0 aromatic carbocycles. The van der Waals surface area contributed by atoms with Crippen molar-refractivity contribution in [3.63, 3.8) is 0 Å². The van der Waals surface area contributed by atoms with E-state index in [1.807, 2.05) is 24.4 Å². The molecular formula is C8H12N2O. The lowest BCUT2D eigenvalue weighted by Crippen LogP contribution is -1.82. The van der Waals surface area contributed by atoms with Gasteiger partial charge in [-0.2, -0.15) is 0 Å². The van der Waals surface area contributed by atoms with E-state index in [2.05, 4.69) is 17.6 Å². The summed E-state index contributed by atoms with van der Waals surface area (Å²) in [4.78, 5) is 12.7.